The summed E-state index contributed by atoms with van der Waals surface area (Å²) in [7, 11) is -4.11. The van der Waals surface area contributed by atoms with Gasteiger partial charge in [-0.25, -0.2) is 5.14 Å². The lowest BCUT2D eigenvalue weighted by Gasteiger charge is -2.19. The van der Waals surface area contributed by atoms with Gasteiger partial charge in [0.15, 0.2) is 0 Å². The van der Waals surface area contributed by atoms with Crippen molar-refractivity contribution in [3.8, 4) is 0 Å². The van der Waals surface area contributed by atoms with Crippen molar-refractivity contribution in [3.05, 3.63) is 0 Å². The average Bonchev–Trinajstić information content (AvgIpc) is 1.79. The van der Waals surface area contributed by atoms with E-state index in [0.717, 1.165) is 0 Å². The molecule has 0 aliphatic carbocycles. The zero-order chi connectivity index (χ0) is 9.07. The van der Waals surface area contributed by atoms with E-state index in [1.165, 1.54) is 0 Å². The summed E-state index contributed by atoms with van der Waals surface area (Å²) in [6.07, 6.45) is 0.393. The topological polar surface area (TPSA) is 104 Å². The molecule has 11 heavy (non-hydrogen) atoms. The smallest absolute Gasteiger partial charge is 0.287 e. The first kappa shape index (κ1) is 11.0. The van der Waals surface area contributed by atoms with Gasteiger partial charge in [0, 0.05) is 17.8 Å². The van der Waals surface area contributed by atoms with E-state index >= 15 is 0 Å². The van der Waals surface area contributed by atoms with E-state index in [-0.39, 0.29) is 10.3 Å². The molecule has 0 rings (SSSR count). The highest BCUT2D eigenvalue weighted by atomic mass is 32.3. The maximum absolute atomic E-state index is 10.5. The molecular weight excluding hydrogens is 192 g/mol. The largest absolute Gasteiger partial charge is 0.759 e. The van der Waals surface area contributed by atoms with Crippen molar-refractivity contribution < 1.29 is 17.2 Å². The van der Waals surface area contributed by atoms with Crippen LogP contribution < -0.4 is 5.14 Å². The van der Waals surface area contributed by atoms with E-state index in [4.69, 9.17) is 0 Å². The van der Waals surface area contributed by atoms with Gasteiger partial charge in [-0.15, -0.1) is 3.71 Å². The Balaban J connectivity index is 4.49. The van der Waals surface area contributed by atoms with Gasteiger partial charge in [0.1, 0.15) is 0 Å². The van der Waals surface area contributed by atoms with Crippen molar-refractivity contribution in [2.24, 2.45) is 5.14 Å². The molecule has 0 aliphatic heterocycles. The van der Waals surface area contributed by atoms with Gasteiger partial charge in [-0.2, -0.15) is 8.42 Å². The van der Waals surface area contributed by atoms with Crippen LogP contribution in [0.3, 0.4) is 0 Å². The first-order chi connectivity index (χ1) is 4.89. The summed E-state index contributed by atoms with van der Waals surface area (Å²) in [4.78, 5) is 0. The molecule has 1 unspecified atom stereocenters. The van der Waals surface area contributed by atoms with Crippen molar-refractivity contribution in [2.45, 2.75) is 13.3 Å². The monoisotopic (exact) mass is 201 g/mol. The molecular formula is C3H9N2O4S2-. The lowest BCUT2D eigenvalue weighted by Crippen LogP contribution is -2.38. The standard InChI is InChI=1S/C3H10N2O4S2/c1-2-3-5(10(6)7)11(4,8)9/h2-3H2,1H3,(H,6,7)(H2,4,8,9)/p-1. The quantitative estimate of drug-likeness (QED) is 0.570. The third kappa shape index (κ3) is 3.77. The van der Waals surface area contributed by atoms with Crippen LogP contribution in [0.4, 0.5) is 0 Å². The van der Waals surface area contributed by atoms with Crippen LogP contribution in [0.15, 0.2) is 0 Å². The van der Waals surface area contributed by atoms with Crippen molar-refractivity contribution in [1.29, 1.82) is 0 Å². The maximum Gasteiger partial charge on any atom is 0.287 e. The van der Waals surface area contributed by atoms with Crippen LogP contribution in [0.2, 0.25) is 0 Å². The van der Waals surface area contributed by atoms with Crippen LogP contribution >= 0.6 is 0 Å². The van der Waals surface area contributed by atoms with E-state index in [0.29, 0.717) is 6.42 Å². The molecule has 0 radical (unpaired) electrons. The normalized spacial score (nSPS) is 15.3. The summed E-state index contributed by atoms with van der Waals surface area (Å²) in [6, 6.07) is 0. The Morgan fingerprint density at radius 2 is 2.09 bits per heavy atom. The van der Waals surface area contributed by atoms with Gasteiger partial charge in [0.2, 0.25) is 0 Å². The van der Waals surface area contributed by atoms with Crippen LogP contribution in [0.5, 0.6) is 0 Å². The van der Waals surface area contributed by atoms with Crippen LogP contribution in [0, 0.1) is 0 Å². The second-order valence-electron chi connectivity index (χ2n) is 1.79. The zero-order valence-corrected chi connectivity index (χ0v) is 7.52. The molecule has 0 saturated carbocycles. The van der Waals surface area contributed by atoms with Gasteiger partial charge in [-0.1, -0.05) is 6.92 Å². The predicted octanol–water partition coefficient (Wildman–Crippen LogP) is -1.30. The van der Waals surface area contributed by atoms with Crippen LogP contribution in [-0.2, 0) is 21.5 Å². The van der Waals surface area contributed by atoms with E-state index in [1.807, 2.05) is 0 Å². The van der Waals surface area contributed by atoms with E-state index in [1.54, 1.807) is 6.92 Å². The Bertz CT molecular complexity index is 236. The highest BCUT2D eigenvalue weighted by Gasteiger charge is 2.16. The summed E-state index contributed by atoms with van der Waals surface area (Å²) in [5.74, 6) is 0. The first-order valence-corrected chi connectivity index (χ1v) is 5.33. The third-order valence-electron chi connectivity index (χ3n) is 0.856. The molecule has 2 N–H and O–H groups in total. The van der Waals surface area contributed by atoms with Crippen molar-refractivity contribution in [3.63, 3.8) is 0 Å². The summed E-state index contributed by atoms with van der Waals surface area (Å²) in [5.41, 5.74) is 0. The molecule has 0 bridgehead atoms. The molecule has 1 atom stereocenters. The summed E-state index contributed by atoms with van der Waals surface area (Å²) >= 11 is -2.80. The minimum atomic E-state index is -4.11. The third-order valence-corrected chi connectivity index (χ3v) is 3.11. The van der Waals surface area contributed by atoms with Gasteiger partial charge in [0.25, 0.3) is 10.2 Å². The molecule has 0 fully saturated rings. The molecule has 0 aromatic rings. The second-order valence-corrected chi connectivity index (χ2v) is 4.37. The molecule has 0 spiro atoms. The molecule has 68 valence electrons. The Hall–Kier alpha value is -0.0200. The van der Waals surface area contributed by atoms with Crippen LogP contribution in [0.25, 0.3) is 0 Å². The van der Waals surface area contributed by atoms with Gasteiger partial charge in [-0.05, 0) is 6.42 Å². The highest BCUT2D eigenvalue weighted by molar-refractivity contribution is 7.97. The lowest BCUT2D eigenvalue weighted by molar-refractivity contribution is 0.463. The Labute approximate surface area is 68.0 Å². The van der Waals surface area contributed by atoms with Gasteiger partial charge in [-0.3, -0.25) is 4.21 Å². The highest BCUT2D eigenvalue weighted by Crippen LogP contribution is 1.98. The van der Waals surface area contributed by atoms with Gasteiger partial charge >= 0.3 is 0 Å². The number of nitrogens with two attached hydrogens (primary N) is 1. The van der Waals surface area contributed by atoms with E-state index < -0.39 is 21.5 Å². The first-order valence-electron chi connectivity index (χ1n) is 2.79. The Morgan fingerprint density at radius 3 is 2.18 bits per heavy atom. The summed E-state index contributed by atoms with van der Waals surface area (Å²) < 4.78 is 41.6. The Kier molecular flexibility index (Phi) is 4.11. The average molecular weight is 201 g/mol. The number of rotatable bonds is 4. The van der Waals surface area contributed by atoms with Crippen molar-refractivity contribution in [1.82, 2.24) is 3.71 Å². The zero-order valence-electron chi connectivity index (χ0n) is 5.89. The van der Waals surface area contributed by atoms with Crippen LogP contribution in [-0.4, -0.2) is 27.4 Å². The number of hydrogen-bond donors (Lipinski definition) is 1. The minimum Gasteiger partial charge on any atom is -0.759 e. The van der Waals surface area contributed by atoms with E-state index in [2.05, 4.69) is 5.14 Å². The second kappa shape index (κ2) is 4.12. The van der Waals surface area contributed by atoms with Crippen molar-refractivity contribution >= 4 is 21.5 Å². The molecule has 6 nitrogen and oxygen atoms in total. The molecule has 8 heteroatoms. The van der Waals surface area contributed by atoms with Crippen molar-refractivity contribution in [2.75, 3.05) is 6.54 Å². The molecule has 0 heterocycles. The predicted molar refractivity (Wildman–Crippen MR) is 39.0 cm³/mol. The van der Waals surface area contributed by atoms with Gasteiger partial charge in [0.05, 0.1) is 0 Å². The Morgan fingerprint density at radius 1 is 1.64 bits per heavy atom. The number of hydrogen-bond acceptors (Lipinski definition) is 4. The van der Waals surface area contributed by atoms with E-state index in [9.17, 15) is 17.2 Å². The lowest BCUT2D eigenvalue weighted by atomic mass is 10.5. The van der Waals surface area contributed by atoms with Gasteiger partial charge < -0.3 is 4.55 Å². The maximum atomic E-state index is 10.5. The minimum absolute atomic E-state index is 0.116. The molecule has 0 amide bonds. The molecule has 0 aromatic heterocycles. The molecule has 0 aliphatic rings. The molecule has 0 saturated heterocycles. The fourth-order valence-electron chi connectivity index (χ4n) is 0.469. The summed E-state index contributed by atoms with van der Waals surface area (Å²) in [5, 5.41) is 4.57. The SMILES string of the molecule is CCCN(S(=O)[O-])S(N)(=O)=O. The molecule has 0 aromatic carbocycles. The summed E-state index contributed by atoms with van der Waals surface area (Å²) in [6.45, 7) is 1.53. The fourth-order valence-corrected chi connectivity index (χ4v) is 1.92. The van der Waals surface area contributed by atoms with Crippen LogP contribution in [0.1, 0.15) is 13.3 Å². The fraction of sp³-hybridized carbons (Fsp3) is 1.00. The number of nitrogens with zero attached hydrogens (tertiary/aromatic N) is 1.